The zero-order valence-corrected chi connectivity index (χ0v) is 8.60. The van der Waals surface area contributed by atoms with E-state index in [4.69, 9.17) is 8.37 Å². The molecular formula is C8H17NO2S. The van der Waals surface area contributed by atoms with Crippen LogP contribution in [0.15, 0.2) is 12.7 Å². The molecule has 1 rings (SSSR count). The first kappa shape index (κ1) is 10.1. The van der Waals surface area contributed by atoms with Gasteiger partial charge in [0.2, 0.25) is 0 Å². The molecule has 4 heteroatoms. The van der Waals surface area contributed by atoms with Crippen molar-refractivity contribution in [1.29, 1.82) is 0 Å². The molecule has 1 saturated heterocycles. The quantitative estimate of drug-likeness (QED) is 0.632. The molecule has 1 aliphatic heterocycles. The molecule has 0 saturated carbocycles. The van der Waals surface area contributed by atoms with E-state index in [2.05, 4.69) is 10.9 Å². The molecule has 0 aromatic heterocycles. The highest BCUT2D eigenvalue weighted by Crippen LogP contribution is 2.56. The molecule has 0 unspecified atom stereocenters. The Morgan fingerprint density at radius 2 is 2.17 bits per heavy atom. The summed E-state index contributed by atoms with van der Waals surface area (Å²) in [5.74, 6) is 1.02. The topological polar surface area (TPSA) is 21.7 Å². The summed E-state index contributed by atoms with van der Waals surface area (Å²) in [6.45, 7) is 5.64. The Morgan fingerprint density at radius 1 is 1.50 bits per heavy atom. The summed E-state index contributed by atoms with van der Waals surface area (Å²) < 4.78 is 13.1. The first-order valence-corrected chi connectivity index (χ1v) is 5.68. The van der Waals surface area contributed by atoms with Crippen LogP contribution in [0, 0.1) is 0 Å². The fourth-order valence-electron chi connectivity index (χ4n) is 1.49. The minimum Gasteiger partial charge on any atom is -0.274 e. The monoisotopic (exact) mass is 191 g/mol. The van der Waals surface area contributed by atoms with E-state index in [9.17, 15) is 0 Å². The van der Waals surface area contributed by atoms with Gasteiger partial charge in [0, 0.05) is 13.1 Å². The number of hydrogen-bond donors (Lipinski definition) is 0. The van der Waals surface area contributed by atoms with E-state index in [0.29, 0.717) is 0 Å². The van der Waals surface area contributed by atoms with Gasteiger partial charge in [-0.15, -0.1) is 17.4 Å². The van der Waals surface area contributed by atoms with Gasteiger partial charge in [-0.25, -0.2) is 4.31 Å². The maximum Gasteiger partial charge on any atom is 0.0620 e. The highest BCUT2D eigenvalue weighted by molar-refractivity contribution is 8.24. The summed E-state index contributed by atoms with van der Waals surface area (Å²) >= 11 is 0. The van der Waals surface area contributed by atoms with Crippen molar-refractivity contribution in [3.8, 4) is 0 Å². The molecule has 0 N–H and O–H groups in total. The van der Waals surface area contributed by atoms with Crippen LogP contribution in [-0.4, -0.2) is 37.4 Å². The van der Waals surface area contributed by atoms with Crippen LogP contribution in [0.4, 0.5) is 0 Å². The van der Waals surface area contributed by atoms with Crippen LogP contribution in [-0.2, 0) is 8.37 Å². The van der Waals surface area contributed by atoms with Crippen LogP contribution in [0.2, 0.25) is 0 Å². The largest absolute Gasteiger partial charge is 0.274 e. The van der Waals surface area contributed by atoms with E-state index in [0.717, 1.165) is 25.3 Å². The maximum atomic E-state index is 5.45. The van der Waals surface area contributed by atoms with Gasteiger partial charge in [0.15, 0.2) is 0 Å². The van der Waals surface area contributed by atoms with E-state index < -0.39 is 10.8 Å². The van der Waals surface area contributed by atoms with Crippen LogP contribution in [0.1, 0.15) is 6.42 Å². The van der Waals surface area contributed by atoms with E-state index in [1.54, 1.807) is 14.2 Å². The summed E-state index contributed by atoms with van der Waals surface area (Å²) in [5, 5.41) is 0. The fraction of sp³-hybridized carbons (Fsp3) is 0.750. The zero-order valence-electron chi connectivity index (χ0n) is 7.78. The lowest BCUT2D eigenvalue weighted by Crippen LogP contribution is -2.25. The molecule has 1 heterocycles. The van der Waals surface area contributed by atoms with Crippen molar-refractivity contribution < 1.29 is 8.37 Å². The van der Waals surface area contributed by atoms with Gasteiger partial charge in [-0.05, 0) is 6.42 Å². The Bertz CT molecular complexity index is 159. The van der Waals surface area contributed by atoms with Gasteiger partial charge in [0.25, 0.3) is 0 Å². The van der Waals surface area contributed by atoms with Crippen molar-refractivity contribution in [2.45, 2.75) is 6.42 Å². The Morgan fingerprint density at radius 3 is 2.67 bits per heavy atom. The standard InChI is InChI=1S/C8H17NO2S/c1-4-6-9-7-5-8-12(9,10-2)11-3/h4H,1,5-8H2,2-3H3. The van der Waals surface area contributed by atoms with Crippen LogP contribution < -0.4 is 0 Å². The summed E-state index contributed by atoms with van der Waals surface area (Å²) in [6, 6.07) is 0. The predicted octanol–water partition coefficient (Wildman–Crippen LogP) is 1.72. The highest BCUT2D eigenvalue weighted by Gasteiger charge is 2.31. The Labute approximate surface area is 76.2 Å². The van der Waals surface area contributed by atoms with Crippen LogP contribution >= 0.6 is 10.8 Å². The minimum absolute atomic E-state index is 0.858. The second-order valence-corrected chi connectivity index (χ2v) is 5.40. The van der Waals surface area contributed by atoms with E-state index in [-0.39, 0.29) is 0 Å². The molecule has 0 aromatic carbocycles. The molecule has 0 aliphatic carbocycles. The Kier molecular flexibility index (Phi) is 3.58. The fourth-order valence-corrected chi connectivity index (χ4v) is 3.87. The van der Waals surface area contributed by atoms with Crippen LogP contribution in [0.5, 0.6) is 0 Å². The third kappa shape index (κ3) is 1.66. The summed E-state index contributed by atoms with van der Waals surface area (Å²) in [5.41, 5.74) is 0. The lowest BCUT2D eigenvalue weighted by molar-refractivity contribution is 0.302. The molecule has 0 aromatic rings. The highest BCUT2D eigenvalue weighted by atomic mass is 32.3. The zero-order chi connectivity index (χ0) is 9.03. The second-order valence-electron chi connectivity index (χ2n) is 2.65. The van der Waals surface area contributed by atoms with Gasteiger partial charge in [-0.3, -0.25) is 8.37 Å². The summed E-state index contributed by atoms with van der Waals surface area (Å²) in [7, 11) is 2.07. The van der Waals surface area contributed by atoms with Crippen LogP contribution in [0.25, 0.3) is 0 Å². The number of rotatable bonds is 4. The third-order valence-electron chi connectivity index (χ3n) is 2.06. The summed E-state index contributed by atoms with van der Waals surface area (Å²) in [6.07, 6.45) is 3.05. The summed E-state index contributed by atoms with van der Waals surface area (Å²) in [4.78, 5) is 0. The molecule has 0 amide bonds. The van der Waals surface area contributed by atoms with Gasteiger partial charge in [-0.1, -0.05) is 6.08 Å². The average molecular weight is 191 g/mol. The third-order valence-corrected chi connectivity index (χ3v) is 5.02. The van der Waals surface area contributed by atoms with E-state index in [1.807, 2.05) is 6.08 Å². The molecular weight excluding hydrogens is 174 g/mol. The normalized spacial score (nSPS) is 25.5. The van der Waals surface area contributed by atoms with Gasteiger partial charge >= 0.3 is 0 Å². The van der Waals surface area contributed by atoms with E-state index in [1.165, 1.54) is 0 Å². The lowest BCUT2D eigenvalue weighted by Gasteiger charge is -2.43. The minimum atomic E-state index is -1.38. The molecule has 0 atom stereocenters. The predicted molar refractivity (Wildman–Crippen MR) is 52.9 cm³/mol. The van der Waals surface area contributed by atoms with Crippen molar-refractivity contribution in [3.05, 3.63) is 12.7 Å². The Balaban J connectivity index is 2.64. The number of hydrogen-bond acceptors (Lipinski definition) is 3. The van der Waals surface area contributed by atoms with Crippen molar-refractivity contribution >= 4 is 10.8 Å². The molecule has 1 aliphatic rings. The molecule has 0 bridgehead atoms. The van der Waals surface area contributed by atoms with Crippen molar-refractivity contribution in [3.63, 3.8) is 0 Å². The molecule has 0 spiro atoms. The average Bonchev–Trinajstić information content (AvgIpc) is 2.50. The SMILES string of the molecule is C=CCN1CCCS1(OC)OC. The molecule has 0 radical (unpaired) electrons. The second kappa shape index (κ2) is 4.28. The van der Waals surface area contributed by atoms with Gasteiger partial charge < -0.3 is 0 Å². The smallest absolute Gasteiger partial charge is 0.0620 e. The first-order chi connectivity index (χ1) is 5.79. The van der Waals surface area contributed by atoms with Crippen molar-refractivity contribution in [1.82, 2.24) is 4.31 Å². The number of nitrogens with zero attached hydrogens (tertiary/aromatic N) is 1. The first-order valence-electron chi connectivity index (χ1n) is 4.07. The maximum absolute atomic E-state index is 5.45. The van der Waals surface area contributed by atoms with Crippen LogP contribution in [0.3, 0.4) is 0 Å². The Hall–Kier alpha value is -0.0300. The van der Waals surface area contributed by atoms with Crippen molar-refractivity contribution in [2.75, 3.05) is 33.1 Å². The molecule has 1 fully saturated rings. The molecule has 12 heavy (non-hydrogen) atoms. The molecule has 3 nitrogen and oxygen atoms in total. The van der Waals surface area contributed by atoms with Gasteiger partial charge in [0.05, 0.1) is 20.0 Å². The van der Waals surface area contributed by atoms with Gasteiger partial charge in [-0.2, -0.15) is 0 Å². The van der Waals surface area contributed by atoms with E-state index >= 15 is 0 Å². The lowest BCUT2D eigenvalue weighted by atomic mass is 10.5. The van der Waals surface area contributed by atoms with Gasteiger partial charge in [0.1, 0.15) is 0 Å². The molecule has 72 valence electrons. The van der Waals surface area contributed by atoms with Crippen molar-refractivity contribution in [2.24, 2.45) is 0 Å².